The second-order valence-corrected chi connectivity index (χ2v) is 6.65. The molecule has 3 unspecified atom stereocenters. The number of hydrogen-bond acceptors (Lipinski definition) is 1. The molecular weight excluding hydrogens is 302 g/mol. The van der Waals surface area contributed by atoms with Gasteiger partial charge in [0.05, 0.1) is 6.04 Å². The fourth-order valence-electron chi connectivity index (χ4n) is 3.61. The minimum Gasteiger partial charge on any atom is -0.378 e. The molecule has 0 saturated heterocycles. The summed E-state index contributed by atoms with van der Waals surface area (Å²) in [6.45, 7) is 0. The Morgan fingerprint density at radius 1 is 0.720 bits per heavy atom. The monoisotopic (exact) mass is 325 g/mol. The van der Waals surface area contributed by atoms with Gasteiger partial charge >= 0.3 is 0 Å². The Balaban J connectivity index is 1.45. The van der Waals surface area contributed by atoms with Crippen molar-refractivity contribution < 1.29 is 0 Å². The van der Waals surface area contributed by atoms with Crippen LogP contribution in [0.2, 0.25) is 0 Å². The Morgan fingerprint density at radius 2 is 1.40 bits per heavy atom. The zero-order valence-electron chi connectivity index (χ0n) is 14.3. The van der Waals surface area contributed by atoms with Gasteiger partial charge in [-0.2, -0.15) is 0 Å². The van der Waals surface area contributed by atoms with Crippen LogP contribution in [0.1, 0.15) is 29.4 Å². The third-order valence-electron chi connectivity index (χ3n) is 4.98. The van der Waals surface area contributed by atoms with Gasteiger partial charge in [-0.05, 0) is 23.6 Å². The van der Waals surface area contributed by atoms with Gasteiger partial charge in [-0.25, -0.2) is 0 Å². The van der Waals surface area contributed by atoms with E-state index in [0.29, 0.717) is 11.8 Å². The molecule has 0 saturated carbocycles. The van der Waals surface area contributed by atoms with Crippen LogP contribution in [-0.4, -0.2) is 6.04 Å². The highest BCUT2D eigenvalue weighted by molar-refractivity contribution is 5.36. The summed E-state index contributed by atoms with van der Waals surface area (Å²) in [4.78, 5) is 0. The van der Waals surface area contributed by atoms with Crippen LogP contribution in [0.4, 0.5) is 0 Å². The summed E-state index contributed by atoms with van der Waals surface area (Å²) >= 11 is 0. The molecule has 2 aliphatic rings. The average molecular weight is 325 g/mol. The Morgan fingerprint density at radius 3 is 2.08 bits per heavy atom. The van der Waals surface area contributed by atoms with E-state index in [1.807, 2.05) is 0 Å². The number of hydrogen-bond donors (Lipinski definition) is 1. The van der Waals surface area contributed by atoms with Gasteiger partial charge < -0.3 is 5.32 Å². The summed E-state index contributed by atoms with van der Waals surface area (Å²) in [7, 11) is 0. The fourth-order valence-corrected chi connectivity index (χ4v) is 3.61. The number of nitrogens with one attached hydrogen (secondary N) is 1. The predicted molar refractivity (Wildman–Crippen MR) is 105 cm³/mol. The Bertz CT molecular complexity index is 812. The molecule has 0 aliphatic heterocycles. The van der Waals surface area contributed by atoms with Gasteiger partial charge in [-0.1, -0.05) is 97.1 Å². The average Bonchev–Trinajstić information content (AvgIpc) is 2.70. The lowest BCUT2D eigenvalue weighted by atomic mass is 9.87. The van der Waals surface area contributed by atoms with E-state index in [0.717, 1.165) is 6.42 Å². The molecule has 0 fully saturated rings. The normalized spacial score (nSPS) is 24.8. The van der Waals surface area contributed by atoms with Crippen molar-refractivity contribution in [1.29, 1.82) is 0 Å². The zero-order valence-corrected chi connectivity index (χ0v) is 14.3. The van der Waals surface area contributed by atoms with E-state index in [2.05, 4.69) is 109 Å². The Labute approximate surface area is 150 Å². The lowest BCUT2D eigenvalue weighted by Crippen LogP contribution is -2.33. The molecule has 124 valence electrons. The van der Waals surface area contributed by atoms with Crippen LogP contribution >= 0.6 is 0 Å². The molecule has 1 N–H and O–H groups in total. The molecule has 1 nitrogen and oxygen atoms in total. The van der Waals surface area contributed by atoms with Crippen LogP contribution in [0.25, 0.3) is 0 Å². The molecule has 0 radical (unpaired) electrons. The first-order chi connectivity index (χ1) is 12.4. The Hall–Kier alpha value is -2.80. The standard InChI is InChI=1S/C24H23N/c1-3-9-19(10-4-1)20-15-17-22(18-16-20)25-24-14-8-7-13-23(24)21-11-5-2-6-12-21/h1-15,17-18,20,23-25H,16H2. The van der Waals surface area contributed by atoms with Crippen LogP contribution in [0.15, 0.2) is 109 Å². The van der Waals surface area contributed by atoms with Crippen LogP contribution in [-0.2, 0) is 0 Å². The summed E-state index contributed by atoms with van der Waals surface area (Å²) in [5.74, 6) is 0.853. The maximum atomic E-state index is 3.71. The van der Waals surface area contributed by atoms with Gasteiger partial charge in [0.25, 0.3) is 0 Å². The van der Waals surface area contributed by atoms with E-state index in [-0.39, 0.29) is 6.04 Å². The van der Waals surface area contributed by atoms with E-state index in [1.165, 1.54) is 16.8 Å². The predicted octanol–water partition coefficient (Wildman–Crippen LogP) is 5.48. The van der Waals surface area contributed by atoms with Crippen molar-refractivity contribution in [2.24, 2.45) is 0 Å². The molecule has 0 aromatic heterocycles. The highest BCUT2D eigenvalue weighted by Crippen LogP contribution is 2.29. The molecule has 2 aliphatic carbocycles. The van der Waals surface area contributed by atoms with Gasteiger partial charge in [0, 0.05) is 17.5 Å². The van der Waals surface area contributed by atoms with Gasteiger partial charge in [0.15, 0.2) is 0 Å². The minimum atomic E-state index is 0.288. The number of rotatable bonds is 4. The third kappa shape index (κ3) is 3.66. The highest BCUT2D eigenvalue weighted by Gasteiger charge is 2.21. The van der Waals surface area contributed by atoms with E-state index in [9.17, 15) is 0 Å². The summed E-state index contributed by atoms with van der Waals surface area (Å²) in [5.41, 5.74) is 3.96. The highest BCUT2D eigenvalue weighted by atomic mass is 14.9. The molecule has 25 heavy (non-hydrogen) atoms. The van der Waals surface area contributed by atoms with Crippen molar-refractivity contribution in [3.8, 4) is 0 Å². The SMILES string of the molecule is C1=CC(NC2=CCC(c3ccccc3)C=C2)C(c2ccccc2)C=C1. The maximum Gasteiger partial charge on any atom is 0.0550 e. The molecule has 0 amide bonds. The molecular formula is C24H23N. The van der Waals surface area contributed by atoms with E-state index in [4.69, 9.17) is 0 Å². The molecule has 4 rings (SSSR count). The lowest BCUT2D eigenvalue weighted by Gasteiger charge is -2.28. The number of allylic oxidation sites excluding steroid dienone is 5. The first kappa shape index (κ1) is 15.7. The smallest absolute Gasteiger partial charge is 0.0550 e. The van der Waals surface area contributed by atoms with Crippen LogP contribution in [0, 0.1) is 0 Å². The van der Waals surface area contributed by atoms with Gasteiger partial charge in [-0.3, -0.25) is 0 Å². The fraction of sp³-hybridized carbons (Fsp3) is 0.167. The summed E-state index contributed by atoms with van der Waals surface area (Å²) in [6, 6.07) is 21.7. The molecule has 0 bridgehead atoms. The topological polar surface area (TPSA) is 12.0 Å². The Kier molecular flexibility index (Phi) is 4.65. The van der Waals surface area contributed by atoms with Gasteiger partial charge in [-0.15, -0.1) is 0 Å². The van der Waals surface area contributed by atoms with E-state index < -0.39 is 0 Å². The minimum absolute atomic E-state index is 0.288. The largest absolute Gasteiger partial charge is 0.378 e. The van der Waals surface area contributed by atoms with E-state index >= 15 is 0 Å². The van der Waals surface area contributed by atoms with Crippen LogP contribution < -0.4 is 5.32 Å². The van der Waals surface area contributed by atoms with Gasteiger partial charge in [0.1, 0.15) is 0 Å². The van der Waals surface area contributed by atoms with Crippen molar-refractivity contribution in [1.82, 2.24) is 5.32 Å². The van der Waals surface area contributed by atoms with Crippen LogP contribution in [0.5, 0.6) is 0 Å². The second-order valence-electron chi connectivity index (χ2n) is 6.65. The van der Waals surface area contributed by atoms with Crippen LogP contribution in [0.3, 0.4) is 0 Å². The van der Waals surface area contributed by atoms with Crippen molar-refractivity contribution in [2.75, 3.05) is 0 Å². The lowest BCUT2D eigenvalue weighted by molar-refractivity contribution is 0.607. The zero-order chi connectivity index (χ0) is 16.9. The van der Waals surface area contributed by atoms with Crippen molar-refractivity contribution >= 4 is 0 Å². The third-order valence-corrected chi connectivity index (χ3v) is 4.98. The molecule has 0 spiro atoms. The van der Waals surface area contributed by atoms with Crippen molar-refractivity contribution in [3.63, 3.8) is 0 Å². The maximum absolute atomic E-state index is 3.71. The van der Waals surface area contributed by atoms with Gasteiger partial charge in [0.2, 0.25) is 0 Å². The summed E-state index contributed by atoms with van der Waals surface area (Å²) in [6.07, 6.45) is 16.7. The first-order valence-electron chi connectivity index (χ1n) is 9.00. The quantitative estimate of drug-likeness (QED) is 0.784. The molecule has 2 aromatic rings. The van der Waals surface area contributed by atoms with E-state index in [1.54, 1.807) is 0 Å². The first-order valence-corrected chi connectivity index (χ1v) is 9.00. The summed E-state index contributed by atoms with van der Waals surface area (Å²) in [5, 5.41) is 3.71. The van der Waals surface area contributed by atoms with Crippen molar-refractivity contribution in [3.05, 3.63) is 120 Å². The second kappa shape index (κ2) is 7.40. The number of benzene rings is 2. The molecule has 3 atom stereocenters. The molecule has 2 aromatic carbocycles. The molecule has 0 heterocycles. The molecule has 1 heteroatoms. The summed E-state index contributed by atoms with van der Waals surface area (Å²) < 4.78 is 0. The van der Waals surface area contributed by atoms with Crippen molar-refractivity contribution in [2.45, 2.75) is 24.3 Å².